The van der Waals surface area contributed by atoms with Gasteiger partial charge in [-0.2, -0.15) is 31.4 Å². The predicted octanol–water partition coefficient (Wildman–Crippen LogP) is 5.19. The first kappa shape index (κ1) is 34.7. The van der Waals surface area contributed by atoms with Crippen LogP contribution in [-0.2, 0) is 28.3 Å². The Balaban J connectivity index is 0.000000289. The maximum Gasteiger partial charge on any atom is 0.490 e. The summed E-state index contributed by atoms with van der Waals surface area (Å²) in [5.41, 5.74) is 4.58. The number of likely N-dealkylation sites (tertiary alicyclic amines) is 2. The van der Waals surface area contributed by atoms with Gasteiger partial charge in [-0.1, -0.05) is 18.2 Å². The zero-order valence-corrected chi connectivity index (χ0v) is 24.6. The van der Waals surface area contributed by atoms with Gasteiger partial charge in [0.1, 0.15) is 11.4 Å². The van der Waals surface area contributed by atoms with Crippen LogP contribution in [-0.4, -0.2) is 91.8 Å². The second-order valence-corrected chi connectivity index (χ2v) is 11.0. The molecule has 1 aromatic carbocycles. The summed E-state index contributed by atoms with van der Waals surface area (Å²) in [6.45, 7) is 7.34. The molecule has 0 aliphatic carbocycles. The highest BCUT2D eigenvalue weighted by Gasteiger charge is 2.45. The number of aromatic nitrogens is 3. The Hall–Kier alpha value is -4.18. The molecule has 3 aliphatic heterocycles. The Bertz CT molecular complexity index is 1440. The lowest BCUT2D eigenvalue weighted by atomic mass is 9.81. The van der Waals surface area contributed by atoms with Gasteiger partial charge in [0.05, 0.1) is 24.1 Å². The number of halogens is 6. The summed E-state index contributed by atoms with van der Waals surface area (Å²) in [4.78, 5) is 27.4. The van der Waals surface area contributed by atoms with E-state index in [2.05, 4.69) is 62.1 Å². The number of hydrogen-bond acceptors (Lipinski definition) is 7. The van der Waals surface area contributed by atoms with Gasteiger partial charge in [-0.15, -0.1) is 0 Å². The number of aliphatic carboxylic acids is 2. The molecule has 1 spiro atoms. The van der Waals surface area contributed by atoms with Gasteiger partial charge >= 0.3 is 24.3 Å². The first-order valence-electron chi connectivity index (χ1n) is 14.5. The molecule has 0 saturated carbocycles. The minimum Gasteiger partial charge on any atom is -0.482 e. The summed E-state index contributed by atoms with van der Waals surface area (Å²) in [6.07, 6.45) is -1.61. The monoisotopic (exact) mass is 657 g/mol. The van der Waals surface area contributed by atoms with Crippen molar-refractivity contribution >= 4 is 11.9 Å². The number of ether oxygens (including phenoxy) is 1. The van der Waals surface area contributed by atoms with Crippen LogP contribution in [0.1, 0.15) is 36.9 Å². The number of nitrogens with zero attached hydrogens (tertiary/aromatic N) is 5. The number of rotatable bonds is 5. The van der Waals surface area contributed by atoms with Crippen molar-refractivity contribution < 1.29 is 50.9 Å². The van der Waals surface area contributed by atoms with E-state index < -0.39 is 24.3 Å². The molecule has 6 rings (SSSR count). The number of alkyl halides is 6. The topological polar surface area (TPSA) is 121 Å². The molecule has 2 N–H and O–H groups in total. The Kier molecular flexibility index (Phi) is 10.9. The molecule has 250 valence electrons. The van der Waals surface area contributed by atoms with E-state index in [1.54, 1.807) is 0 Å². The fourth-order valence-corrected chi connectivity index (χ4v) is 5.60. The number of fused-ring (bicyclic) bond motifs is 4. The van der Waals surface area contributed by atoms with Crippen molar-refractivity contribution in [1.82, 2.24) is 24.6 Å². The molecule has 16 heteroatoms. The van der Waals surface area contributed by atoms with Crippen LogP contribution in [0.4, 0.5) is 26.3 Å². The van der Waals surface area contributed by atoms with E-state index in [0.717, 1.165) is 57.0 Å². The van der Waals surface area contributed by atoms with E-state index in [-0.39, 0.29) is 5.60 Å². The minimum absolute atomic E-state index is 0.282. The van der Waals surface area contributed by atoms with Gasteiger partial charge in [-0.25, -0.2) is 9.59 Å². The molecule has 0 radical (unpaired) electrons. The molecule has 2 saturated heterocycles. The Morgan fingerprint density at radius 1 is 0.826 bits per heavy atom. The summed E-state index contributed by atoms with van der Waals surface area (Å²) in [6, 6.07) is 14.7. The van der Waals surface area contributed by atoms with Crippen LogP contribution in [0.2, 0.25) is 0 Å². The van der Waals surface area contributed by atoms with Gasteiger partial charge < -0.3 is 19.8 Å². The van der Waals surface area contributed by atoms with E-state index in [4.69, 9.17) is 29.6 Å². The third-order valence-electron chi connectivity index (χ3n) is 7.87. The molecule has 3 aromatic rings. The van der Waals surface area contributed by atoms with E-state index in [1.807, 2.05) is 12.3 Å². The van der Waals surface area contributed by atoms with Crippen LogP contribution in [0.25, 0.3) is 11.3 Å². The molecule has 2 fully saturated rings. The van der Waals surface area contributed by atoms with Crippen LogP contribution < -0.4 is 4.74 Å². The highest BCUT2D eigenvalue weighted by molar-refractivity contribution is 5.74. The summed E-state index contributed by atoms with van der Waals surface area (Å²) >= 11 is 0. The molecule has 5 heterocycles. The molecular formula is C30H33F6N5O5. The first-order valence-corrected chi connectivity index (χ1v) is 14.5. The van der Waals surface area contributed by atoms with E-state index in [0.29, 0.717) is 0 Å². The molecule has 0 atom stereocenters. The largest absolute Gasteiger partial charge is 0.490 e. The molecule has 2 aromatic heterocycles. The van der Waals surface area contributed by atoms with Gasteiger partial charge in [-0.05, 0) is 50.2 Å². The fraction of sp³-hybridized carbons (Fsp3) is 0.467. The lowest BCUT2D eigenvalue weighted by molar-refractivity contribution is -0.193. The average molecular weight is 658 g/mol. The van der Waals surface area contributed by atoms with Crippen molar-refractivity contribution in [3.63, 3.8) is 0 Å². The van der Waals surface area contributed by atoms with Gasteiger partial charge in [0, 0.05) is 56.3 Å². The number of hydrogen-bond donors (Lipinski definition) is 2. The third kappa shape index (κ3) is 8.75. The van der Waals surface area contributed by atoms with Crippen molar-refractivity contribution in [3.8, 4) is 17.0 Å². The average Bonchev–Trinajstić information content (AvgIpc) is 3.69. The first-order chi connectivity index (χ1) is 21.7. The second-order valence-electron chi connectivity index (χ2n) is 11.0. The lowest BCUT2D eigenvalue weighted by Gasteiger charge is -2.44. The maximum atomic E-state index is 10.6. The molecular weight excluding hydrogens is 624 g/mol. The highest BCUT2D eigenvalue weighted by atomic mass is 19.4. The molecule has 3 aliphatic rings. The number of pyridine rings is 1. The molecule has 0 bridgehead atoms. The summed E-state index contributed by atoms with van der Waals surface area (Å²) in [5, 5.41) is 19.1. The summed E-state index contributed by atoms with van der Waals surface area (Å²) < 4.78 is 72.5. The molecule has 46 heavy (non-hydrogen) atoms. The quantitative estimate of drug-likeness (QED) is 0.357. The molecule has 0 unspecified atom stereocenters. The van der Waals surface area contributed by atoms with Crippen molar-refractivity contribution in [3.05, 3.63) is 66.1 Å². The van der Waals surface area contributed by atoms with Gasteiger partial charge in [0.2, 0.25) is 0 Å². The number of carboxylic acid groups (broad SMARTS) is 2. The standard InChI is InChI=1S/C26H31N5O.2C2HF3O2/c1-2-9-24-22(8-1)25-23(19-28-31(25)18-17-29-13-5-6-14-29)26(32-24)10-15-30(16-11-26)20-21-7-3-4-12-27-21;2*3-2(4,5)1(6)7/h1-4,7-9,12,19H,5-6,10-11,13-18,20H2;2*(H,6,7). The number of para-hydroxylation sites is 1. The number of carbonyl (C=O) groups is 2. The van der Waals surface area contributed by atoms with E-state index in [9.17, 15) is 26.3 Å². The van der Waals surface area contributed by atoms with Crippen molar-refractivity contribution in [2.45, 2.75) is 56.7 Å². The van der Waals surface area contributed by atoms with Crippen LogP contribution in [0, 0.1) is 0 Å². The zero-order chi connectivity index (χ0) is 33.5. The van der Waals surface area contributed by atoms with E-state index >= 15 is 0 Å². The lowest BCUT2D eigenvalue weighted by Crippen LogP contribution is -2.47. The van der Waals surface area contributed by atoms with E-state index in [1.165, 1.54) is 42.8 Å². The smallest absolute Gasteiger partial charge is 0.482 e. The van der Waals surface area contributed by atoms with Gasteiger partial charge in [0.25, 0.3) is 0 Å². The number of piperidine rings is 1. The van der Waals surface area contributed by atoms with Crippen LogP contribution in [0.5, 0.6) is 5.75 Å². The SMILES string of the molecule is O=C(O)C(F)(F)F.O=C(O)C(F)(F)F.c1ccc(CN2CCC3(CC2)Oc2ccccc2-c2c3cnn2CCN2CCCC2)nc1. The summed E-state index contributed by atoms with van der Waals surface area (Å²) in [7, 11) is 0. The van der Waals surface area contributed by atoms with Gasteiger partial charge in [-0.3, -0.25) is 14.6 Å². The molecule has 0 amide bonds. The van der Waals surface area contributed by atoms with Crippen molar-refractivity contribution in [2.24, 2.45) is 0 Å². The number of benzene rings is 1. The van der Waals surface area contributed by atoms with Crippen molar-refractivity contribution in [2.75, 3.05) is 32.7 Å². The second kappa shape index (κ2) is 14.5. The highest BCUT2D eigenvalue weighted by Crippen LogP contribution is 2.49. The Labute approximate surface area is 260 Å². The zero-order valence-electron chi connectivity index (χ0n) is 24.6. The Morgan fingerprint density at radius 3 is 1.98 bits per heavy atom. The predicted molar refractivity (Wildman–Crippen MR) is 152 cm³/mol. The van der Waals surface area contributed by atoms with Crippen molar-refractivity contribution in [1.29, 1.82) is 0 Å². The fourth-order valence-electron chi connectivity index (χ4n) is 5.60. The molecule has 10 nitrogen and oxygen atoms in total. The van der Waals surface area contributed by atoms with Crippen LogP contribution >= 0.6 is 0 Å². The summed E-state index contributed by atoms with van der Waals surface area (Å²) in [5.74, 6) is -4.51. The van der Waals surface area contributed by atoms with Gasteiger partial charge in [0.15, 0.2) is 0 Å². The maximum absolute atomic E-state index is 10.6. The van der Waals surface area contributed by atoms with Crippen LogP contribution in [0.3, 0.4) is 0 Å². The number of carboxylic acids is 2. The normalized spacial score (nSPS) is 17.4. The minimum atomic E-state index is -5.08. The van der Waals surface area contributed by atoms with Crippen LogP contribution in [0.15, 0.2) is 54.9 Å². The Morgan fingerprint density at radius 2 is 1.41 bits per heavy atom. The third-order valence-corrected chi connectivity index (χ3v) is 7.87.